The largest absolute Gasteiger partial charge is 0.284 e. The van der Waals surface area contributed by atoms with Crippen LogP contribution in [0.3, 0.4) is 0 Å². The molecule has 0 atom stereocenters. The molecule has 1 aromatic rings. The van der Waals surface area contributed by atoms with Crippen molar-refractivity contribution in [1.82, 2.24) is 0 Å². The molecule has 0 fully saturated rings. The van der Waals surface area contributed by atoms with E-state index in [0.717, 1.165) is 12.5 Å². The summed E-state index contributed by atoms with van der Waals surface area (Å²) >= 11 is 0. The van der Waals surface area contributed by atoms with Crippen LogP contribution in [0.1, 0.15) is 5.56 Å². The molecule has 16 heavy (non-hydrogen) atoms. The molecule has 90 valence electrons. The van der Waals surface area contributed by atoms with Crippen molar-refractivity contribution >= 4 is 25.5 Å². The van der Waals surface area contributed by atoms with Gasteiger partial charge in [-0.05, 0) is 30.7 Å². The van der Waals surface area contributed by atoms with E-state index in [1.807, 2.05) is 0 Å². The minimum atomic E-state index is -3.40. The summed E-state index contributed by atoms with van der Waals surface area (Å²) in [5.74, 6) is 0. The Balaban J connectivity index is 3.30. The van der Waals surface area contributed by atoms with Gasteiger partial charge in [0, 0.05) is 6.26 Å². The Kier molecular flexibility index (Phi) is 3.30. The van der Waals surface area contributed by atoms with Gasteiger partial charge in [-0.2, -0.15) is 0 Å². The van der Waals surface area contributed by atoms with Crippen LogP contribution in [0.15, 0.2) is 23.1 Å². The topological polar surface area (TPSA) is 80.3 Å². The Morgan fingerprint density at radius 1 is 1.00 bits per heavy atom. The van der Waals surface area contributed by atoms with E-state index in [0.29, 0.717) is 5.56 Å². The minimum absolute atomic E-state index is 0.0960. The highest BCUT2D eigenvalue weighted by atomic mass is 32.2. The maximum Gasteiger partial charge on any atom is 0.229 e. The fraction of sp³-hybridized carbons (Fsp3) is 0.333. The van der Waals surface area contributed by atoms with Crippen molar-refractivity contribution in [2.75, 3.05) is 17.2 Å². The predicted molar refractivity (Wildman–Crippen MR) is 62.8 cm³/mol. The van der Waals surface area contributed by atoms with Crippen LogP contribution in [0.2, 0.25) is 0 Å². The first-order chi connectivity index (χ1) is 7.08. The van der Waals surface area contributed by atoms with Crippen molar-refractivity contribution in [3.8, 4) is 0 Å². The smallest absolute Gasteiger partial charge is 0.229 e. The van der Waals surface area contributed by atoms with Crippen LogP contribution < -0.4 is 4.72 Å². The Morgan fingerprint density at radius 3 is 2.00 bits per heavy atom. The molecule has 0 aliphatic heterocycles. The fourth-order valence-electron chi connectivity index (χ4n) is 1.24. The summed E-state index contributed by atoms with van der Waals surface area (Å²) in [5.41, 5.74) is 0.928. The van der Waals surface area contributed by atoms with Gasteiger partial charge < -0.3 is 0 Å². The molecule has 0 saturated carbocycles. The zero-order chi connectivity index (χ0) is 12.6. The molecule has 0 aliphatic rings. The van der Waals surface area contributed by atoms with Gasteiger partial charge in [-0.1, -0.05) is 0 Å². The van der Waals surface area contributed by atoms with Gasteiger partial charge in [0.1, 0.15) is 0 Å². The number of anilines is 1. The third kappa shape index (κ3) is 3.82. The lowest BCUT2D eigenvalue weighted by Gasteiger charge is -2.07. The standard InChI is InChI=1S/C9H13NO4S2/c1-7-4-8(10-16(3,13)14)6-9(5-7)15(2,11)12/h4-6,10H,1-3H3. The molecule has 0 aromatic heterocycles. The number of nitrogens with one attached hydrogen (secondary N) is 1. The number of sulfonamides is 1. The average Bonchev–Trinajstić information content (AvgIpc) is 1.97. The van der Waals surface area contributed by atoms with Crippen molar-refractivity contribution in [2.45, 2.75) is 11.8 Å². The van der Waals surface area contributed by atoms with E-state index in [4.69, 9.17) is 0 Å². The number of hydrogen-bond donors (Lipinski definition) is 1. The summed E-state index contributed by atoms with van der Waals surface area (Å²) in [7, 11) is -6.74. The number of rotatable bonds is 3. The predicted octanol–water partition coefficient (Wildman–Crippen LogP) is 0.770. The molecule has 0 saturated heterocycles. The van der Waals surface area contributed by atoms with Crippen molar-refractivity contribution in [3.05, 3.63) is 23.8 Å². The quantitative estimate of drug-likeness (QED) is 0.873. The lowest BCUT2D eigenvalue weighted by molar-refractivity contribution is 0.600. The zero-order valence-electron chi connectivity index (χ0n) is 9.18. The van der Waals surface area contributed by atoms with Gasteiger partial charge >= 0.3 is 0 Å². The monoisotopic (exact) mass is 263 g/mol. The summed E-state index contributed by atoms with van der Waals surface area (Å²) in [6.45, 7) is 1.70. The number of hydrogen-bond acceptors (Lipinski definition) is 4. The van der Waals surface area contributed by atoms with Crippen molar-refractivity contribution in [1.29, 1.82) is 0 Å². The molecule has 0 spiro atoms. The Labute approximate surface area is 95.5 Å². The van der Waals surface area contributed by atoms with Crippen LogP contribution in [-0.2, 0) is 19.9 Å². The maximum atomic E-state index is 11.3. The van der Waals surface area contributed by atoms with Gasteiger partial charge in [-0.15, -0.1) is 0 Å². The van der Waals surface area contributed by atoms with Gasteiger partial charge in [0.25, 0.3) is 0 Å². The molecule has 1 rings (SSSR count). The van der Waals surface area contributed by atoms with E-state index in [1.165, 1.54) is 12.1 Å². The van der Waals surface area contributed by atoms with Gasteiger partial charge in [-0.25, -0.2) is 16.8 Å². The van der Waals surface area contributed by atoms with Crippen LogP contribution in [-0.4, -0.2) is 29.3 Å². The molecule has 0 unspecified atom stereocenters. The van der Waals surface area contributed by atoms with Crippen molar-refractivity contribution in [2.24, 2.45) is 0 Å². The second-order valence-corrected chi connectivity index (χ2v) is 7.45. The third-order valence-electron chi connectivity index (χ3n) is 1.78. The van der Waals surface area contributed by atoms with E-state index >= 15 is 0 Å². The van der Waals surface area contributed by atoms with Crippen LogP contribution in [0, 0.1) is 6.92 Å². The highest BCUT2D eigenvalue weighted by Crippen LogP contribution is 2.19. The van der Waals surface area contributed by atoms with Gasteiger partial charge in [-0.3, -0.25) is 4.72 Å². The first-order valence-electron chi connectivity index (χ1n) is 4.37. The lowest BCUT2D eigenvalue weighted by Crippen LogP contribution is -2.10. The van der Waals surface area contributed by atoms with E-state index < -0.39 is 19.9 Å². The van der Waals surface area contributed by atoms with E-state index in [1.54, 1.807) is 13.0 Å². The molecule has 1 N–H and O–H groups in total. The second-order valence-electron chi connectivity index (χ2n) is 3.68. The highest BCUT2D eigenvalue weighted by molar-refractivity contribution is 7.92. The molecular weight excluding hydrogens is 250 g/mol. The number of benzene rings is 1. The summed E-state index contributed by atoms with van der Waals surface area (Å²) in [6.07, 6.45) is 2.08. The molecule has 7 heteroatoms. The second kappa shape index (κ2) is 4.06. The van der Waals surface area contributed by atoms with Crippen molar-refractivity contribution < 1.29 is 16.8 Å². The fourth-order valence-corrected chi connectivity index (χ4v) is 2.52. The zero-order valence-corrected chi connectivity index (χ0v) is 10.8. The van der Waals surface area contributed by atoms with Crippen LogP contribution in [0.4, 0.5) is 5.69 Å². The van der Waals surface area contributed by atoms with Gasteiger partial charge in [0.15, 0.2) is 9.84 Å². The van der Waals surface area contributed by atoms with E-state index in [2.05, 4.69) is 4.72 Å². The highest BCUT2D eigenvalue weighted by Gasteiger charge is 2.10. The Morgan fingerprint density at radius 2 is 1.56 bits per heavy atom. The van der Waals surface area contributed by atoms with E-state index in [9.17, 15) is 16.8 Å². The number of aryl methyl sites for hydroxylation is 1. The molecule has 0 bridgehead atoms. The molecular formula is C9H13NO4S2. The van der Waals surface area contributed by atoms with Crippen molar-refractivity contribution in [3.63, 3.8) is 0 Å². The summed E-state index contributed by atoms with van der Waals surface area (Å²) in [5, 5.41) is 0. The normalized spacial score (nSPS) is 12.4. The average molecular weight is 263 g/mol. The van der Waals surface area contributed by atoms with Gasteiger partial charge in [0.05, 0.1) is 16.8 Å². The number of sulfone groups is 1. The molecule has 0 heterocycles. The van der Waals surface area contributed by atoms with Crippen LogP contribution >= 0.6 is 0 Å². The van der Waals surface area contributed by atoms with Crippen LogP contribution in [0.5, 0.6) is 0 Å². The molecule has 0 radical (unpaired) electrons. The minimum Gasteiger partial charge on any atom is -0.284 e. The third-order valence-corrected chi connectivity index (χ3v) is 3.48. The molecule has 0 amide bonds. The maximum absolute atomic E-state index is 11.3. The summed E-state index contributed by atoms with van der Waals surface area (Å²) in [4.78, 5) is 0.0960. The Hall–Kier alpha value is -1.08. The summed E-state index contributed by atoms with van der Waals surface area (Å²) < 4.78 is 46.9. The summed E-state index contributed by atoms with van der Waals surface area (Å²) in [6, 6.07) is 4.35. The molecule has 5 nitrogen and oxygen atoms in total. The Bertz CT molecular complexity index is 602. The lowest BCUT2D eigenvalue weighted by atomic mass is 10.2. The van der Waals surface area contributed by atoms with Crippen LogP contribution in [0.25, 0.3) is 0 Å². The molecule has 1 aromatic carbocycles. The first kappa shape index (κ1) is 13.0. The van der Waals surface area contributed by atoms with E-state index in [-0.39, 0.29) is 10.6 Å². The van der Waals surface area contributed by atoms with Gasteiger partial charge in [0.2, 0.25) is 10.0 Å². The SMILES string of the molecule is Cc1cc(NS(C)(=O)=O)cc(S(C)(=O)=O)c1. The first-order valence-corrected chi connectivity index (χ1v) is 8.16. The molecule has 0 aliphatic carbocycles.